The van der Waals surface area contributed by atoms with Gasteiger partial charge in [-0.2, -0.15) is 0 Å². The van der Waals surface area contributed by atoms with Crippen molar-refractivity contribution in [2.24, 2.45) is 11.3 Å². The van der Waals surface area contributed by atoms with Crippen molar-refractivity contribution in [2.45, 2.75) is 63.1 Å². The van der Waals surface area contributed by atoms with E-state index in [0.29, 0.717) is 5.41 Å². The minimum atomic E-state index is 0.121. The summed E-state index contributed by atoms with van der Waals surface area (Å²) in [7, 11) is 0. The van der Waals surface area contributed by atoms with Crippen LogP contribution in [0.1, 0.15) is 56.6 Å². The predicted molar refractivity (Wildman–Crippen MR) is 74.9 cm³/mol. The number of hydrogen-bond acceptors (Lipinski definition) is 1. The summed E-state index contributed by atoms with van der Waals surface area (Å²) in [5.74, 6) is 0.821. The van der Waals surface area contributed by atoms with E-state index >= 15 is 0 Å². The van der Waals surface area contributed by atoms with Crippen molar-refractivity contribution in [1.82, 2.24) is 0 Å². The fraction of sp³-hybridized carbons (Fsp3) is 0.667. The first kappa shape index (κ1) is 10.9. The molecule has 0 radical (unpaired) electrons. The van der Waals surface area contributed by atoms with Crippen LogP contribution in [0, 0.1) is 11.3 Å². The molecule has 4 aliphatic rings. The molecule has 19 heavy (non-hydrogen) atoms. The van der Waals surface area contributed by atoms with Crippen molar-refractivity contribution in [3.05, 3.63) is 35.4 Å². The maximum atomic E-state index is 6.62. The zero-order valence-corrected chi connectivity index (χ0v) is 11.7. The number of ether oxygens (including phenoxy) is 1. The van der Waals surface area contributed by atoms with Gasteiger partial charge >= 0.3 is 0 Å². The smallest absolute Gasteiger partial charge is 0.123 e. The SMILES string of the molecule is C[C@@]12CCC[C@H]1[C@]13CCc4ccccc4[C@]1(CC2)O3. The van der Waals surface area contributed by atoms with Crippen molar-refractivity contribution in [2.75, 3.05) is 0 Å². The highest BCUT2D eigenvalue weighted by molar-refractivity contribution is 5.46. The molecule has 100 valence electrons. The summed E-state index contributed by atoms with van der Waals surface area (Å²) in [6, 6.07) is 9.05. The Morgan fingerprint density at radius 3 is 2.95 bits per heavy atom. The molecular weight excluding hydrogens is 232 g/mol. The Bertz CT molecular complexity index is 565. The topological polar surface area (TPSA) is 12.5 Å². The Morgan fingerprint density at radius 1 is 1.11 bits per heavy atom. The van der Waals surface area contributed by atoms with Crippen LogP contribution in [0.4, 0.5) is 0 Å². The largest absolute Gasteiger partial charge is 0.357 e. The maximum absolute atomic E-state index is 6.62. The minimum Gasteiger partial charge on any atom is -0.357 e. The third kappa shape index (κ3) is 1.06. The highest BCUT2D eigenvalue weighted by atomic mass is 16.6. The van der Waals surface area contributed by atoms with Gasteiger partial charge in [-0.3, -0.25) is 0 Å². The molecule has 1 saturated heterocycles. The average Bonchev–Trinajstić information content (AvgIpc) is 2.99. The number of benzene rings is 1. The van der Waals surface area contributed by atoms with Crippen molar-refractivity contribution in [1.29, 1.82) is 0 Å². The molecule has 0 unspecified atom stereocenters. The molecule has 5 rings (SSSR count). The van der Waals surface area contributed by atoms with Crippen LogP contribution >= 0.6 is 0 Å². The maximum Gasteiger partial charge on any atom is 0.123 e. The van der Waals surface area contributed by atoms with E-state index in [0.717, 1.165) is 5.92 Å². The van der Waals surface area contributed by atoms with E-state index in [1.54, 1.807) is 5.56 Å². The molecule has 0 bridgehead atoms. The standard InChI is InChI=1S/C18H22O/c1-16-9-4-7-15(16)18-10-8-13-5-2-3-6-14(13)17(18,19-18)12-11-16/h2-3,5-6,15H,4,7-12H2,1H3/t15-,16+,17+,18-/m1/s1. The number of hydrogen-bond donors (Lipinski definition) is 0. The number of rotatable bonds is 0. The number of fused-ring (bicyclic) bond motifs is 2. The second-order valence-electron chi connectivity index (χ2n) is 7.57. The third-order valence-corrected chi connectivity index (χ3v) is 6.91. The van der Waals surface area contributed by atoms with Gasteiger partial charge in [0.05, 0.1) is 0 Å². The quantitative estimate of drug-likeness (QED) is 0.632. The first-order chi connectivity index (χ1) is 9.20. The summed E-state index contributed by atoms with van der Waals surface area (Å²) in [5, 5.41) is 0. The van der Waals surface area contributed by atoms with E-state index in [1.807, 2.05) is 0 Å². The summed E-state index contributed by atoms with van der Waals surface area (Å²) in [4.78, 5) is 0. The van der Waals surface area contributed by atoms with Gasteiger partial charge in [0.25, 0.3) is 0 Å². The lowest BCUT2D eigenvalue weighted by molar-refractivity contribution is 0.0844. The van der Waals surface area contributed by atoms with Crippen LogP contribution in [0.3, 0.4) is 0 Å². The van der Waals surface area contributed by atoms with E-state index in [1.165, 1.54) is 50.5 Å². The molecule has 3 fully saturated rings. The molecule has 1 heterocycles. The molecule has 0 N–H and O–H groups in total. The van der Waals surface area contributed by atoms with Crippen LogP contribution in [-0.2, 0) is 16.8 Å². The molecule has 1 aliphatic heterocycles. The molecule has 0 amide bonds. The van der Waals surface area contributed by atoms with E-state index in [-0.39, 0.29) is 11.2 Å². The van der Waals surface area contributed by atoms with Gasteiger partial charge in [0.15, 0.2) is 0 Å². The highest BCUT2D eigenvalue weighted by Crippen LogP contribution is 2.76. The Morgan fingerprint density at radius 2 is 2.00 bits per heavy atom. The fourth-order valence-electron chi connectivity index (χ4n) is 5.99. The minimum absolute atomic E-state index is 0.121. The van der Waals surface area contributed by atoms with E-state index in [9.17, 15) is 0 Å². The molecule has 1 aromatic carbocycles. The van der Waals surface area contributed by atoms with Gasteiger partial charge in [0.1, 0.15) is 11.2 Å². The lowest BCUT2D eigenvalue weighted by Crippen LogP contribution is -2.46. The molecule has 4 atom stereocenters. The summed E-state index contributed by atoms with van der Waals surface area (Å²) in [6.07, 6.45) is 9.38. The van der Waals surface area contributed by atoms with Gasteiger partial charge in [0, 0.05) is 0 Å². The molecule has 1 heteroatoms. The van der Waals surface area contributed by atoms with Crippen molar-refractivity contribution >= 4 is 0 Å². The Balaban J connectivity index is 1.67. The summed E-state index contributed by atoms with van der Waals surface area (Å²) in [5.41, 5.74) is 4.01. The van der Waals surface area contributed by atoms with Gasteiger partial charge in [-0.1, -0.05) is 37.6 Å². The zero-order chi connectivity index (χ0) is 12.7. The Hall–Kier alpha value is -0.820. The molecule has 1 nitrogen and oxygen atoms in total. The monoisotopic (exact) mass is 254 g/mol. The van der Waals surface area contributed by atoms with Gasteiger partial charge in [-0.15, -0.1) is 0 Å². The van der Waals surface area contributed by atoms with Crippen LogP contribution in [-0.4, -0.2) is 5.60 Å². The molecule has 1 aromatic rings. The first-order valence-electron chi connectivity index (χ1n) is 7.99. The average molecular weight is 254 g/mol. The molecular formula is C18H22O. The lowest BCUT2D eigenvalue weighted by Gasteiger charge is -2.44. The van der Waals surface area contributed by atoms with Crippen molar-refractivity contribution in [3.8, 4) is 0 Å². The van der Waals surface area contributed by atoms with Crippen LogP contribution in [0.15, 0.2) is 24.3 Å². The van der Waals surface area contributed by atoms with Crippen LogP contribution < -0.4 is 0 Å². The second kappa shape index (κ2) is 3.09. The lowest BCUT2D eigenvalue weighted by atomic mass is 9.56. The van der Waals surface area contributed by atoms with Gasteiger partial charge in [-0.05, 0) is 61.0 Å². The Labute approximate surface area is 115 Å². The first-order valence-corrected chi connectivity index (χ1v) is 7.99. The molecule has 0 aromatic heterocycles. The van der Waals surface area contributed by atoms with Crippen molar-refractivity contribution < 1.29 is 4.74 Å². The van der Waals surface area contributed by atoms with E-state index < -0.39 is 0 Å². The van der Waals surface area contributed by atoms with Gasteiger partial charge < -0.3 is 4.74 Å². The summed E-state index contributed by atoms with van der Waals surface area (Å²) >= 11 is 0. The molecule has 2 saturated carbocycles. The van der Waals surface area contributed by atoms with Crippen molar-refractivity contribution in [3.63, 3.8) is 0 Å². The Kier molecular flexibility index (Phi) is 1.77. The van der Waals surface area contributed by atoms with E-state index in [2.05, 4.69) is 31.2 Å². The molecule has 0 spiro atoms. The fourth-order valence-corrected chi connectivity index (χ4v) is 5.99. The highest BCUT2D eigenvalue weighted by Gasteiger charge is 2.79. The molecule has 3 aliphatic carbocycles. The second-order valence-corrected chi connectivity index (χ2v) is 7.57. The van der Waals surface area contributed by atoms with Crippen LogP contribution in [0.5, 0.6) is 0 Å². The normalized spacial score (nSPS) is 49.8. The van der Waals surface area contributed by atoms with Crippen LogP contribution in [0.25, 0.3) is 0 Å². The van der Waals surface area contributed by atoms with E-state index in [4.69, 9.17) is 4.74 Å². The van der Waals surface area contributed by atoms with Crippen LogP contribution in [0.2, 0.25) is 0 Å². The number of aryl methyl sites for hydroxylation is 1. The summed E-state index contributed by atoms with van der Waals surface area (Å²) in [6.45, 7) is 2.53. The van der Waals surface area contributed by atoms with Gasteiger partial charge in [-0.25, -0.2) is 0 Å². The van der Waals surface area contributed by atoms with Gasteiger partial charge in [0.2, 0.25) is 0 Å². The number of epoxide rings is 1. The third-order valence-electron chi connectivity index (χ3n) is 6.91. The zero-order valence-electron chi connectivity index (χ0n) is 11.7. The predicted octanol–water partition coefficient (Wildman–Crippen LogP) is 4.20. The summed E-state index contributed by atoms with van der Waals surface area (Å²) < 4.78 is 6.62.